The van der Waals surface area contributed by atoms with Crippen LogP contribution in [0.25, 0.3) is 0 Å². The lowest BCUT2D eigenvalue weighted by Crippen LogP contribution is -2.27. The van der Waals surface area contributed by atoms with E-state index in [1.165, 1.54) is 0 Å². The summed E-state index contributed by atoms with van der Waals surface area (Å²) >= 11 is 5.90. The van der Waals surface area contributed by atoms with Gasteiger partial charge in [0.1, 0.15) is 11.5 Å². The topological polar surface area (TPSA) is 43.6 Å². The van der Waals surface area contributed by atoms with Gasteiger partial charge >= 0.3 is 0 Å². The molecule has 0 unspecified atom stereocenters. The SMILES string of the molecule is CN(C)C(=C1N=NN=C1c1ccc(Cl)cc1)N(C)C. The quantitative estimate of drug-likeness (QED) is 0.853. The Balaban J connectivity index is 2.48. The molecule has 1 aromatic rings. The minimum absolute atomic E-state index is 0.696. The first kappa shape index (κ1) is 13.5. The predicted molar refractivity (Wildman–Crippen MR) is 77.2 cm³/mol. The molecule has 0 spiro atoms. The Kier molecular flexibility index (Phi) is 3.85. The van der Waals surface area contributed by atoms with Crippen LogP contribution in [-0.2, 0) is 0 Å². The molecule has 0 saturated heterocycles. The molecule has 5 nitrogen and oxygen atoms in total. The van der Waals surface area contributed by atoms with Crippen molar-refractivity contribution >= 4 is 17.3 Å². The zero-order chi connectivity index (χ0) is 14.0. The van der Waals surface area contributed by atoms with Gasteiger partial charge in [-0.2, -0.15) is 0 Å². The number of hydrogen-bond donors (Lipinski definition) is 0. The molecule has 0 bridgehead atoms. The van der Waals surface area contributed by atoms with Crippen LogP contribution in [0.4, 0.5) is 0 Å². The summed E-state index contributed by atoms with van der Waals surface area (Å²) in [5.74, 6) is 0.954. The second-order valence-electron chi connectivity index (χ2n) is 4.61. The van der Waals surface area contributed by atoms with Crippen LogP contribution in [0.5, 0.6) is 0 Å². The van der Waals surface area contributed by atoms with E-state index in [1.807, 2.05) is 62.3 Å². The van der Waals surface area contributed by atoms with Crippen molar-refractivity contribution in [2.24, 2.45) is 15.4 Å². The zero-order valence-corrected chi connectivity index (χ0v) is 12.2. The van der Waals surface area contributed by atoms with E-state index in [0.29, 0.717) is 5.02 Å². The number of nitrogens with zero attached hydrogens (tertiary/aromatic N) is 5. The molecular formula is C13H16ClN5. The van der Waals surface area contributed by atoms with Gasteiger partial charge in [-0.3, -0.25) is 0 Å². The van der Waals surface area contributed by atoms with Crippen LogP contribution in [0.1, 0.15) is 5.56 Å². The second-order valence-corrected chi connectivity index (χ2v) is 5.04. The Morgan fingerprint density at radius 3 is 2.11 bits per heavy atom. The largest absolute Gasteiger partial charge is 0.363 e. The standard InChI is InChI=1S/C13H16ClN5/c1-18(2)13(19(3)4)12-11(15-17-16-12)9-5-7-10(14)8-6-9/h5-8H,1-4H3. The van der Waals surface area contributed by atoms with E-state index >= 15 is 0 Å². The van der Waals surface area contributed by atoms with Crippen molar-refractivity contribution in [3.63, 3.8) is 0 Å². The van der Waals surface area contributed by atoms with Crippen molar-refractivity contribution in [2.45, 2.75) is 0 Å². The molecular weight excluding hydrogens is 262 g/mol. The van der Waals surface area contributed by atoms with Gasteiger partial charge in [-0.05, 0) is 17.4 Å². The molecule has 19 heavy (non-hydrogen) atoms. The van der Waals surface area contributed by atoms with E-state index in [0.717, 1.165) is 22.8 Å². The van der Waals surface area contributed by atoms with Gasteiger partial charge < -0.3 is 9.80 Å². The first-order valence-electron chi connectivity index (χ1n) is 5.84. The Hall–Kier alpha value is -1.88. The maximum atomic E-state index is 5.90. The summed E-state index contributed by atoms with van der Waals surface area (Å²) < 4.78 is 0. The molecule has 0 N–H and O–H groups in total. The number of rotatable bonds is 3. The molecule has 6 heteroatoms. The van der Waals surface area contributed by atoms with Crippen molar-refractivity contribution in [3.05, 3.63) is 46.4 Å². The first-order chi connectivity index (χ1) is 9.00. The van der Waals surface area contributed by atoms with Crippen molar-refractivity contribution < 1.29 is 0 Å². The Morgan fingerprint density at radius 1 is 1.00 bits per heavy atom. The summed E-state index contributed by atoms with van der Waals surface area (Å²) in [5.41, 5.74) is 2.47. The minimum atomic E-state index is 0.696. The van der Waals surface area contributed by atoms with E-state index in [9.17, 15) is 0 Å². The lowest BCUT2D eigenvalue weighted by atomic mass is 10.1. The van der Waals surface area contributed by atoms with Crippen LogP contribution in [0.15, 0.2) is 51.2 Å². The van der Waals surface area contributed by atoms with Crippen LogP contribution in [0, 0.1) is 0 Å². The molecule has 1 aliphatic rings. The highest BCUT2D eigenvalue weighted by Crippen LogP contribution is 2.23. The molecule has 1 aliphatic heterocycles. The van der Waals surface area contributed by atoms with Gasteiger partial charge in [0, 0.05) is 38.8 Å². The number of hydrogen-bond acceptors (Lipinski definition) is 5. The fourth-order valence-electron chi connectivity index (χ4n) is 1.98. The molecule has 0 aromatic heterocycles. The summed E-state index contributed by atoms with van der Waals surface area (Å²) in [5, 5.41) is 12.8. The Morgan fingerprint density at radius 2 is 1.58 bits per heavy atom. The molecule has 0 aliphatic carbocycles. The second kappa shape index (κ2) is 5.40. The molecule has 1 heterocycles. The van der Waals surface area contributed by atoms with Crippen LogP contribution < -0.4 is 0 Å². The van der Waals surface area contributed by atoms with Gasteiger partial charge in [-0.25, -0.2) is 0 Å². The summed E-state index contributed by atoms with van der Waals surface area (Å²) in [6, 6.07) is 7.50. The third-order valence-electron chi connectivity index (χ3n) is 2.69. The lowest BCUT2D eigenvalue weighted by molar-refractivity contribution is 0.338. The fourth-order valence-corrected chi connectivity index (χ4v) is 2.11. The number of benzene rings is 1. The van der Waals surface area contributed by atoms with Crippen molar-refractivity contribution in [2.75, 3.05) is 28.2 Å². The predicted octanol–water partition coefficient (Wildman–Crippen LogP) is 2.80. The summed E-state index contributed by atoms with van der Waals surface area (Å²) in [4.78, 5) is 3.98. The summed E-state index contributed by atoms with van der Waals surface area (Å²) in [6.07, 6.45) is 0. The zero-order valence-electron chi connectivity index (χ0n) is 11.4. The average molecular weight is 278 g/mol. The number of halogens is 1. The van der Waals surface area contributed by atoms with E-state index in [4.69, 9.17) is 11.6 Å². The van der Waals surface area contributed by atoms with Gasteiger partial charge in [-0.1, -0.05) is 23.7 Å². The van der Waals surface area contributed by atoms with E-state index in [-0.39, 0.29) is 0 Å². The average Bonchev–Trinajstić information content (AvgIpc) is 2.78. The molecule has 100 valence electrons. The van der Waals surface area contributed by atoms with E-state index in [2.05, 4.69) is 15.4 Å². The summed E-state index contributed by atoms with van der Waals surface area (Å²) in [7, 11) is 7.87. The molecule has 0 fully saturated rings. The lowest BCUT2D eigenvalue weighted by Gasteiger charge is -2.25. The van der Waals surface area contributed by atoms with Crippen LogP contribution in [-0.4, -0.2) is 43.7 Å². The Labute approximate surface area is 117 Å². The maximum absolute atomic E-state index is 5.90. The molecule has 0 atom stereocenters. The van der Waals surface area contributed by atoms with Crippen LogP contribution >= 0.6 is 11.6 Å². The Bertz CT molecular complexity index is 545. The van der Waals surface area contributed by atoms with Gasteiger partial charge in [-0.15, -0.1) is 10.2 Å². The third-order valence-corrected chi connectivity index (χ3v) is 2.94. The maximum Gasteiger partial charge on any atom is 0.156 e. The summed E-state index contributed by atoms with van der Waals surface area (Å²) in [6.45, 7) is 0. The van der Waals surface area contributed by atoms with Gasteiger partial charge in [0.25, 0.3) is 0 Å². The highest BCUT2D eigenvalue weighted by molar-refractivity contribution is 6.30. The van der Waals surface area contributed by atoms with Gasteiger partial charge in [0.05, 0.1) is 0 Å². The number of allylic oxidation sites excluding steroid dienone is 1. The van der Waals surface area contributed by atoms with Crippen LogP contribution in [0.3, 0.4) is 0 Å². The van der Waals surface area contributed by atoms with E-state index < -0.39 is 0 Å². The first-order valence-corrected chi connectivity index (χ1v) is 6.22. The normalized spacial score (nSPS) is 13.5. The molecule has 1 aromatic carbocycles. The molecule has 0 amide bonds. The van der Waals surface area contributed by atoms with Crippen LogP contribution in [0.2, 0.25) is 5.02 Å². The molecule has 0 radical (unpaired) electrons. The van der Waals surface area contributed by atoms with E-state index in [1.54, 1.807) is 0 Å². The molecule has 0 saturated carbocycles. The van der Waals surface area contributed by atoms with Gasteiger partial charge in [0.2, 0.25) is 0 Å². The van der Waals surface area contributed by atoms with Crippen molar-refractivity contribution in [1.29, 1.82) is 0 Å². The highest BCUT2D eigenvalue weighted by atomic mass is 35.5. The highest BCUT2D eigenvalue weighted by Gasteiger charge is 2.22. The molecule has 2 rings (SSSR count). The smallest absolute Gasteiger partial charge is 0.156 e. The van der Waals surface area contributed by atoms with Crippen molar-refractivity contribution in [3.8, 4) is 0 Å². The minimum Gasteiger partial charge on any atom is -0.363 e. The third kappa shape index (κ3) is 2.76. The monoisotopic (exact) mass is 277 g/mol. The fraction of sp³-hybridized carbons (Fsp3) is 0.308. The van der Waals surface area contributed by atoms with Gasteiger partial charge in [0.15, 0.2) is 5.70 Å². The van der Waals surface area contributed by atoms with Crippen molar-refractivity contribution in [1.82, 2.24) is 9.80 Å².